The monoisotopic (exact) mass is 197 g/mol. The largest absolute Gasteiger partial charge is 0.327 e. The maximum Gasteiger partial charge on any atom is 0.00676 e. The van der Waals surface area contributed by atoms with Gasteiger partial charge in [-0.05, 0) is 42.9 Å². The van der Waals surface area contributed by atoms with E-state index in [1.807, 2.05) is 0 Å². The van der Waals surface area contributed by atoms with Gasteiger partial charge >= 0.3 is 0 Å². The van der Waals surface area contributed by atoms with E-state index < -0.39 is 0 Å². The molecule has 1 aliphatic rings. The Labute approximate surface area is 89.5 Å². The Hall–Kier alpha value is -0.0400. The highest BCUT2D eigenvalue weighted by Gasteiger charge is 2.33. The van der Waals surface area contributed by atoms with Gasteiger partial charge in [0.2, 0.25) is 0 Å². The van der Waals surface area contributed by atoms with Crippen molar-refractivity contribution in [3.63, 3.8) is 0 Å². The van der Waals surface area contributed by atoms with E-state index >= 15 is 0 Å². The number of hydrogen-bond donors (Lipinski definition) is 1. The Morgan fingerprint density at radius 1 is 1.43 bits per heavy atom. The topological polar surface area (TPSA) is 26.0 Å². The van der Waals surface area contributed by atoms with Crippen LogP contribution < -0.4 is 5.73 Å². The summed E-state index contributed by atoms with van der Waals surface area (Å²) in [5.41, 5.74) is 6.74. The molecule has 1 aliphatic carbocycles. The third-order valence-electron chi connectivity index (χ3n) is 3.98. The fraction of sp³-hybridized carbons (Fsp3) is 1.00. The van der Waals surface area contributed by atoms with Crippen LogP contribution >= 0.6 is 0 Å². The minimum Gasteiger partial charge on any atom is -0.327 e. The first-order chi connectivity index (χ1) is 6.44. The first-order valence-electron chi connectivity index (χ1n) is 6.20. The first kappa shape index (κ1) is 12.0. The Bertz CT molecular complexity index is 174. The average Bonchev–Trinajstić information content (AvgIpc) is 2.11. The molecule has 3 atom stereocenters. The van der Waals surface area contributed by atoms with Crippen LogP contribution in [0.5, 0.6) is 0 Å². The third kappa shape index (κ3) is 3.27. The van der Waals surface area contributed by atoms with Crippen molar-refractivity contribution in [3.8, 4) is 0 Å². The standard InChI is InChI=1S/C13H27N/c1-5-10(2)8-11-9-13(3,4)7-6-12(11)14/h10-12H,5-9,14H2,1-4H3. The lowest BCUT2D eigenvalue weighted by molar-refractivity contribution is 0.138. The molecule has 84 valence electrons. The summed E-state index contributed by atoms with van der Waals surface area (Å²) in [6.45, 7) is 9.42. The van der Waals surface area contributed by atoms with Gasteiger partial charge in [-0.25, -0.2) is 0 Å². The maximum atomic E-state index is 6.20. The first-order valence-corrected chi connectivity index (χ1v) is 6.20. The summed E-state index contributed by atoms with van der Waals surface area (Å²) in [6.07, 6.45) is 6.50. The summed E-state index contributed by atoms with van der Waals surface area (Å²) in [5.74, 6) is 1.62. The van der Waals surface area contributed by atoms with Gasteiger partial charge in [-0.1, -0.05) is 34.1 Å². The molecule has 1 saturated carbocycles. The zero-order valence-electron chi connectivity index (χ0n) is 10.3. The molecule has 1 rings (SSSR count). The Morgan fingerprint density at radius 2 is 2.07 bits per heavy atom. The molecule has 0 radical (unpaired) electrons. The van der Waals surface area contributed by atoms with Gasteiger partial charge in [0.05, 0.1) is 0 Å². The normalized spacial score (nSPS) is 34.1. The molecule has 2 N–H and O–H groups in total. The number of nitrogens with two attached hydrogens (primary N) is 1. The van der Waals surface area contributed by atoms with Gasteiger partial charge in [0.25, 0.3) is 0 Å². The fourth-order valence-electron chi connectivity index (χ4n) is 2.70. The summed E-state index contributed by atoms with van der Waals surface area (Å²) in [7, 11) is 0. The lowest BCUT2D eigenvalue weighted by Gasteiger charge is -2.40. The fourth-order valence-corrected chi connectivity index (χ4v) is 2.70. The third-order valence-corrected chi connectivity index (χ3v) is 3.98. The van der Waals surface area contributed by atoms with Crippen LogP contribution in [0.4, 0.5) is 0 Å². The predicted molar refractivity (Wildman–Crippen MR) is 63.2 cm³/mol. The molecular weight excluding hydrogens is 170 g/mol. The molecule has 14 heavy (non-hydrogen) atoms. The molecule has 0 amide bonds. The van der Waals surface area contributed by atoms with E-state index in [2.05, 4.69) is 27.7 Å². The van der Waals surface area contributed by atoms with Crippen LogP contribution in [0.2, 0.25) is 0 Å². The summed E-state index contributed by atoms with van der Waals surface area (Å²) in [6, 6.07) is 0.469. The van der Waals surface area contributed by atoms with Crippen molar-refractivity contribution in [3.05, 3.63) is 0 Å². The molecule has 0 aliphatic heterocycles. The second-order valence-corrected chi connectivity index (χ2v) is 6.08. The summed E-state index contributed by atoms with van der Waals surface area (Å²) < 4.78 is 0. The quantitative estimate of drug-likeness (QED) is 0.735. The van der Waals surface area contributed by atoms with Gasteiger partial charge in [-0.2, -0.15) is 0 Å². The van der Waals surface area contributed by atoms with E-state index in [0.717, 1.165) is 11.8 Å². The SMILES string of the molecule is CCC(C)CC1CC(C)(C)CCC1N. The van der Waals surface area contributed by atoms with E-state index in [0.29, 0.717) is 11.5 Å². The number of rotatable bonds is 3. The molecule has 1 fully saturated rings. The molecule has 1 nitrogen and oxygen atoms in total. The second-order valence-electron chi connectivity index (χ2n) is 6.08. The Morgan fingerprint density at radius 3 is 2.64 bits per heavy atom. The lowest BCUT2D eigenvalue weighted by Crippen LogP contribution is -2.39. The average molecular weight is 197 g/mol. The van der Waals surface area contributed by atoms with E-state index in [1.54, 1.807) is 0 Å². The molecule has 0 bridgehead atoms. The van der Waals surface area contributed by atoms with E-state index in [9.17, 15) is 0 Å². The summed E-state index contributed by atoms with van der Waals surface area (Å²) >= 11 is 0. The smallest absolute Gasteiger partial charge is 0.00676 e. The van der Waals surface area contributed by atoms with Crippen LogP contribution in [-0.2, 0) is 0 Å². The zero-order valence-corrected chi connectivity index (χ0v) is 10.3. The highest BCUT2D eigenvalue weighted by molar-refractivity contribution is 4.87. The van der Waals surface area contributed by atoms with Gasteiger partial charge in [0.15, 0.2) is 0 Å². The highest BCUT2D eigenvalue weighted by Crippen LogP contribution is 2.40. The van der Waals surface area contributed by atoms with E-state index in [1.165, 1.54) is 32.1 Å². The van der Waals surface area contributed by atoms with Crippen LogP contribution in [0.3, 0.4) is 0 Å². The van der Waals surface area contributed by atoms with Crippen molar-refractivity contribution in [2.24, 2.45) is 23.0 Å². The van der Waals surface area contributed by atoms with Gasteiger partial charge in [-0.15, -0.1) is 0 Å². The minimum absolute atomic E-state index is 0.469. The van der Waals surface area contributed by atoms with E-state index in [4.69, 9.17) is 5.73 Å². The Kier molecular flexibility index (Phi) is 4.00. The Balaban J connectivity index is 2.48. The molecule has 0 aromatic carbocycles. The van der Waals surface area contributed by atoms with Crippen molar-refractivity contribution >= 4 is 0 Å². The van der Waals surface area contributed by atoms with Crippen LogP contribution in [0.1, 0.15) is 59.8 Å². The molecule has 0 aromatic rings. The van der Waals surface area contributed by atoms with Gasteiger partial charge < -0.3 is 5.73 Å². The minimum atomic E-state index is 0.469. The maximum absolute atomic E-state index is 6.20. The van der Waals surface area contributed by atoms with Crippen LogP contribution in [0, 0.1) is 17.3 Å². The van der Waals surface area contributed by atoms with Crippen molar-refractivity contribution in [1.29, 1.82) is 0 Å². The number of hydrogen-bond acceptors (Lipinski definition) is 1. The summed E-state index contributed by atoms with van der Waals surface area (Å²) in [4.78, 5) is 0. The molecule has 3 unspecified atom stereocenters. The lowest BCUT2D eigenvalue weighted by atomic mass is 9.68. The van der Waals surface area contributed by atoms with Crippen molar-refractivity contribution in [2.75, 3.05) is 0 Å². The van der Waals surface area contributed by atoms with Crippen LogP contribution in [0.15, 0.2) is 0 Å². The molecule has 0 heterocycles. The highest BCUT2D eigenvalue weighted by atomic mass is 14.7. The second kappa shape index (κ2) is 4.65. The van der Waals surface area contributed by atoms with Crippen molar-refractivity contribution in [1.82, 2.24) is 0 Å². The van der Waals surface area contributed by atoms with Crippen LogP contribution in [-0.4, -0.2) is 6.04 Å². The molecule has 0 spiro atoms. The van der Waals surface area contributed by atoms with E-state index in [-0.39, 0.29) is 0 Å². The zero-order chi connectivity index (χ0) is 10.8. The van der Waals surface area contributed by atoms with Crippen LogP contribution in [0.25, 0.3) is 0 Å². The van der Waals surface area contributed by atoms with Gasteiger partial charge in [0, 0.05) is 6.04 Å². The molecule has 0 saturated heterocycles. The molecule has 0 aromatic heterocycles. The molecular formula is C13H27N. The van der Waals surface area contributed by atoms with Gasteiger partial charge in [-0.3, -0.25) is 0 Å². The predicted octanol–water partition coefficient (Wildman–Crippen LogP) is 3.58. The molecule has 1 heteroatoms. The van der Waals surface area contributed by atoms with Crippen molar-refractivity contribution in [2.45, 2.75) is 65.8 Å². The van der Waals surface area contributed by atoms with Crippen molar-refractivity contribution < 1.29 is 0 Å². The summed E-state index contributed by atoms with van der Waals surface area (Å²) in [5, 5.41) is 0. The van der Waals surface area contributed by atoms with Gasteiger partial charge in [0.1, 0.15) is 0 Å².